The second kappa shape index (κ2) is 9.74. The summed E-state index contributed by atoms with van der Waals surface area (Å²) in [5.74, 6) is 0.860. The van der Waals surface area contributed by atoms with E-state index >= 15 is 0 Å². The van der Waals surface area contributed by atoms with Crippen LogP contribution in [-0.2, 0) is 0 Å². The molecule has 6 heterocycles. The Morgan fingerprint density at radius 3 is 2.64 bits per heavy atom. The second-order valence-electron chi connectivity index (χ2n) is 10.0. The minimum absolute atomic E-state index is 0.0645. The predicted octanol–water partition coefficient (Wildman–Crippen LogP) is 7.21. The summed E-state index contributed by atoms with van der Waals surface area (Å²) in [5, 5.41) is 9.55. The van der Waals surface area contributed by atoms with Gasteiger partial charge in [-0.2, -0.15) is 5.10 Å². The molecule has 0 bridgehead atoms. The van der Waals surface area contributed by atoms with E-state index in [0.717, 1.165) is 72.7 Å². The molecule has 0 radical (unpaired) electrons. The van der Waals surface area contributed by atoms with Gasteiger partial charge in [0, 0.05) is 50.9 Å². The normalized spacial score (nSPS) is 14.3. The molecule has 39 heavy (non-hydrogen) atoms. The van der Waals surface area contributed by atoms with Gasteiger partial charge in [-0.1, -0.05) is 6.42 Å². The van der Waals surface area contributed by atoms with Crippen molar-refractivity contribution in [3.05, 3.63) is 66.2 Å². The van der Waals surface area contributed by atoms with Crippen molar-refractivity contribution in [2.75, 3.05) is 0 Å². The third kappa shape index (κ3) is 4.48. The smallest absolute Gasteiger partial charge is 0.181 e. The summed E-state index contributed by atoms with van der Waals surface area (Å²) < 4.78 is 6.25. The lowest BCUT2D eigenvalue weighted by Crippen LogP contribution is -2.19. The number of Topliss-reactive ketones (excluding diaryl/α,β-unsaturated/α-hetero) is 1. The van der Waals surface area contributed by atoms with Crippen molar-refractivity contribution < 1.29 is 9.53 Å². The number of carbonyl (C=O) groups excluding carboxylic acids is 1. The van der Waals surface area contributed by atoms with E-state index in [1.54, 1.807) is 13.1 Å². The number of thiophene rings is 1. The van der Waals surface area contributed by atoms with Crippen LogP contribution in [-0.4, -0.2) is 42.0 Å². The van der Waals surface area contributed by atoms with Gasteiger partial charge in [-0.15, -0.1) is 11.3 Å². The molecule has 0 aromatic carbocycles. The zero-order chi connectivity index (χ0) is 26.3. The molecule has 6 aromatic heterocycles. The number of pyridine rings is 3. The van der Waals surface area contributed by atoms with Crippen molar-refractivity contribution >= 4 is 39.1 Å². The number of aromatic amines is 2. The lowest BCUT2D eigenvalue weighted by atomic mass is 9.98. The van der Waals surface area contributed by atoms with Crippen LogP contribution < -0.4 is 4.74 Å². The summed E-state index contributed by atoms with van der Waals surface area (Å²) in [6.07, 6.45) is 15.3. The largest absolute Gasteiger partial charge is 0.489 e. The molecule has 8 nitrogen and oxygen atoms in total. The van der Waals surface area contributed by atoms with Crippen molar-refractivity contribution in [1.82, 2.24) is 30.1 Å². The van der Waals surface area contributed by atoms with Crippen LogP contribution in [0, 0.1) is 0 Å². The third-order valence-corrected chi connectivity index (χ3v) is 8.56. The van der Waals surface area contributed by atoms with E-state index in [1.807, 2.05) is 43.0 Å². The van der Waals surface area contributed by atoms with Crippen molar-refractivity contribution in [3.63, 3.8) is 0 Å². The Bertz CT molecular complexity index is 1830. The van der Waals surface area contributed by atoms with Gasteiger partial charge in [-0.25, -0.2) is 4.98 Å². The Balaban J connectivity index is 1.25. The third-order valence-electron chi connectivity index (χ3n) is 7.34. The molecular weight excluding hydrogens is 508 g/mol. The highest BCUT2D eigenvalue weighted by Crippen LogP contribution is 2.37. The highest BCUT2D eigenvalue weighted by atomic mass is 32.1. The summed E-state index contributed by atoms with van der Waals surface area (Å²) in [7, 11) is 0. The van der Waals surface area contributed by atoms with E-state index in [9.17, 15) is 4.79 Å². The van der Waals surface area contributed by atoms with Gasteiger partial charge in [0.1, 0.15) is 5.75 Å². The first-order valence-corrected chi connectivity index (χ1v) is 14.0. The van der Waals surface area contributed by atoms with Gasteiger partial charge in [0.05, 0.1) is 40.3 Å². The number of H-pyrrole nitrogens is 2. The Morgan fingerprint density at radius 1 is 0.949 bits per heavy atom. The minimum Gasteiger partial charge on any atom is -0.489 e. The molecule has 0 aliphatic heterocycles. The number of carbonyl (C=O) groups is 1. The summed E-state index contributed by atoms with van der Waals surface area (Å²) >= 11 is 1.48. The van der Waals surface area contributed by atoms with Gasteiger partial charge in [0.25, 0.3) is 0 Å². The van der Waals surface area contributed by atoms with Crippen LogP contribution in [0.25, 0.3) is 54.9 Å². The average molecular weight is 535 g/mol. The standard InChI is InChI=1S/C30H26N6O2S/c1-17(37)27-7-8-28(39-27)24-15-32-16-26-22(24)11-25(34-26)29-23-10-19(13-33-30(23)36-35-29)18-9-21(14-31-12-18)38-20-5-3-2-4-6-20/h7-16,20,34H,2-6H2,1H3,(H,33,35,36). The van der Waals surface area contributed by atoms with Gasteiger partial charge in [0.2, 0.25) is 0 Å². The number of hydrogen-bond donors (Lipinski definition) is 2. The molecule has 0 saturated heterocycles. The van der Waals surface area contributed by atoms with E-state index in [1.165, 1.54) is 30.6 Å². The average Bonchev–Trinajstić information content (AvgIpc) is 3.71. The monoisotopic (exact) mass is 534 g/mol. The molecule has 0 unspecified atom stereocenters. The van der Waals surface area contributed by atoms with Crippen molar-refractivity contribution in [1.29, 1.82) is 0 Å². The van der Waals surface area contributed by atoms with E-state index in [2.05, 4.69) is 42.3 Å². The van der Waals surface area contributed by atoms with Gasteiger partial charge >= 0.3 is 0 Å². The topological polar surface area (TPSA) is 109 Å². The number of aromatic nitrogens is 6. The molecule has 0 atom stereocenters. The molecule has 7 rings (SSSR count). The lowest BCUT2D eigenvalue weighted by Gasteiger charge is -2.23. The van der Waals surface area contributed by atoms with Crippen LogP contribution >= 0.6 is 11.3 Å². The van der Waals surface area contributed by atoms with Crippen LogP contribution in [0.1, 0.15) is 48.7 Å². The molecule has 1 aliphatic carbocycles. The molecule has 9 heteroatoms. The van der Waals surface area contributed by atoms with E-state index in [4.69, 9.17) is 4.74 Å². The maximum atomic E-state index is 11.8. The van der Waals surface area contributed by atoms with Crippen molar-refractivity contribution in [3.8, 4) is 38.7 Å². The molecule has 2 N–H and O–H groups in total. The number of fused-ring (bicyclic) bond motifs is 2. The molecule has 1 saturated carbocycles. The Morgan fingerprint density at radius 2 is 1.79 bits per heavy atom. The van der Waals surface area contributed by atoms with E-state index < -0.39 is 0 Å². The Hall–Kier alpha value is -4.37. The number of rotatable bonds is 6. The number of ketones is 1. The SMILES string of the molecule is CC(=O)c1ccc(-c2cncc3[nH]c(-c4[nH]nc5ncc(-c6cncc(OC7CCCCC7)c6)cc45)cc23)s1. The quantitative estimate of drug-likeness (QED) is 0.219. The predicted molar refractivity (Wildman–Crippen MR) is 153 cm³/mol. The highest BCUT2D eigenvalue weighted by Gasteiger charge is 2.18. The minimum atomic E-state index is 0.0645. The molecule has 6 aromatic rings. The molecule has 1 aliphatic rings. The maximum Gasteiger partial charge on any atom is 0.181 e. The van der Waals surface area contributed by atoms with Crippen molar-refractivity contribution in [2.45, 2.75) is 45.1 Å². The number of hydrogen-bond acceptors (Lipinski definition) is 7. The second-order valence-corrected chi connectivity index (χ2v) is 11.1. The van der Waals surface area contributed by atoms with Crippen LogP contribution in [0.15, 0.2) is 61.3 Å². The molecular formula is C30H26N6O2S. The summed E-state index contributed by atoms with van der Waals surface area (Å²) in [4.78, 5) is 30.6. The number of ether oxygens (including phenoxy) is 1. The van der Waals surface area contributed by atoms with E-state index in [0.29, 0.717) is 5.65 Å². The first-order valence-electron chi connectivity index (χ1n) is 13.2. The van der Waals surface area contributed by atoms with Crippen LogP contribution in [0.4, 0.5) is 0 Å². The van der Waals surface area contributed by atoms with Crippen LogP contribution in [0.2, 0.25) is 0 Å². The fourth-order valence-corrected chi connectivity index (χ4v) is 6.26. The number of nitrogens with zero attached hydrogens (tertiary/aromatic N) is 4. The molecule has 194 valence electrons. The Labute approximate surface area is 228 Å². The molecule has 0 spiro atoms. The fourth-order valence-electron chi connectivity index (χ4n) is 5.33. The zero-order valence-corrected chi connectivity index (χ0v) is 22.2. The van der Waals surface area contributed by atoms with Crippen molar-refractivity contribution in [2.24, 2.45) is 0 Å². The zero-order valence-electron chi connectivity index (χ0n) is 21.4. The van der Waals surface area contributed by atoms with E-state index in [-0.39, 0.29) is 11.9 Å². The summed E-state index contributed by atoms with van der Waals surface area (Å²) in [5.41, 5.74) is 6.15. The molecule has 0 amide bonds. The first kappa shape index (κ1) is 23.7. The Kier molecular flexibility index (Phi) is 5.93. The van der Waals surface area contributed by atoms with Crippen LogP contribution in [0.3, 0.4) is 0 Å². The van der Waals surface area contributed by atoms with Gasteiger partial charge in [-0.3, -0.25) is 19.9 Å². The molecule has 1 fully saturated rings. The summed E-state index contributed by atoms with van der Waals surface area (Å²) in [6, 6.07) is 10.1. The number of nitrogens with one attached hydrogen (secondary N) is 2. The highest BCUT2D eigenvalue weighted by molar-refractivity contribution is 7.17. The van der Waals surface area contributed by atoms with Crippen LogP contribution in [0.5, 0.6) is 5.75 Å². The fraction of sp³-hybridized carbons (Fsp3) is 0.233. The van der Waals surface area contributed by atoms with Gasteiger partial charge in [-0.05, 0) is 62.9 Å². The van der Waals surface area contributed by atoms with Gasteiger partial charge < -0.3 is 9.72 Å². The lowest BCUT2D eigenvalue weighted by molar-refractivity contribution is 0.102. The maximum absolute atomic E-state index is 11.8. The first-order chi connectivity index (χ1) is 19.1. The summed E-state index contributed by atoms with van der Waals surface area (Å²) in [6.45, 7) is 1.59. The van der Waals surface area contributed by atoms with Gasteiger partial charge in [0.15, 0.2) is 11.4 Å².